The number of aliphatic hydroxyl groups is 1. The van der Waals surface area contributed by atoms with E-state index in [9.17, 15) is 5.11 Å². The standard InChI is InChI=1S/C12H21NO/c1-9(2)12(14)7-10-5-4-6-11(8-12)13(10)3/h10-11,14H,1,4-8H2,2-3H3. The quantitative estimate of drug-likeness (QED) is 0.646. The molecule has 2 aliphatic rings. The van der Waals surface area contributed by atoms with Crippen molar-refractivity contribution < 1.29 is 5.11 Å². The minimum absolute atomic E-state index is 0.573. The Bertz CT molecular complexity index is 235. The van der Waals surface area contributed by atoms with Gasteiger partial charge in [-0.2, -0.15) is 0 Å². The van der Waals surface area contributed by atoms with Crippen LogP contribution in [0.4, 0.5) is 0 Å². The average molecular weight is 195 g/mol. The van der Waals surface area contributed by atoms with Crippen LogP contribution in [0.1, 0.15) is 39.0 Å². The van der Waals surface area contributed by atoms with Crippen molar-refractivity contribution in [2.75, 3.05) is 7.05 Å². The zero-order chi connectivity index (χ0) is 10.3. The molecular weight excluding hydrogens is 174 g/mol. The summed E-state index contributed by atoms with van der Waals surface area (Å²) in [6.07, 6.45) is 5.57. The minimum atomic E-state index is -0.581. The van der Waals surface area contributed by atoms with E-state index in [1.54, 1.807) is 0 Å². The Morgan fingerprint density at radius 1 is 1.36 bits per heavy atom. The maximum absolute atomic E-state index is 10.4. The van der Waals surface area contributed by atoms with Crippen molar-refractivity contribution in [3.63, 3.8) is 0 Å². The Balaban J connectivity index is 2.18. The van der Waals surface area contributed by atoms with E-state index in [0.717, 1.165) is 18.4 Å². The van der Waals surface area contributed by atoms with Crippen molar-refractivity contribution >= 4 is 0 Å². The molecule has 0 aromatic rings. The number of rotatable bonds is 1. The zero-order valence-electron chi connectivity index (χ0n) is 9.29. The van der Waals surface area contributed by atoms with Crippen LogP contribution in [-0.4, -0.2) is 34.7 Å². The molecular formula is C12H21NO. The van der Waals surface area contributed by atoms with Gasteiger partial charge < -0.3 is 10.0 Å². The van der Waals surface area contributed by atoms with Crippen molar-refractivity contribution in [3.8, 4) is 0 Å². The molecule has 2 unspecified atom stereocenters. The molecule has 80 valence electrons. The molecule has 0 aliphatic carbocycles. The van der Waals surface area contributed by atoms with Crippen LogP contribution in [0.5, 0.6) is 0 Å². The molecule has 2 aliphatic heterocycles. The number of fused-ring (bicyclic) bond motifs is 2. The SMILES string of the molecule is C=C(C)C1(O)CC2CCCC(C1)N2C. The van der Waals surface area contributed by atoms with Crippen LogP contribution in [0, 0.1) is 0 Å². The maximum atomic E-state index is 10.4. The van der Waals surface area contributed by atoms with Crippen molar-refractivity contribution in [1.82, 2.24) is 4.90 Å². The molecule has 2 fully saturated rings. The summed E-state index contributed by atoms with van der Waals surface area (Å²) in [6.45, 7) is 5.89. The number of nitrogens with zero attached hydrogens (tertiary/aromatic N) is 1. The van der Waals surface area contributed by atoms with Crippen molar-refractivity contribution in [2.45, 2.75) is 56.7 Å². The van der Waals surface area contributed by atoms with E-state index in [0.29, 0.717) is 12.1 Å². The van der Waals surface area contributed by atoms with E-state index in [4.69, 9.17) is 0 Å². The van der Waals surface area contributed by atoms with Crippen LogP contribution < -0.4 is 0 Å². The summed E-state index contributed by atoms with van der Waals surface area (Å²) in [7, 11) is 2.20. The Hall–Kier alpha value is -0.340. The molecule has 0 aromatic heterocycles. The summed E-state index contributed by atoms with van der Waals surface area (Å²) in [4.78, 5) is 2.46. The van der Waals surface area contributed by atoms with Gasteiger partial charge in [0.25, 0.3) is 0 Å². The van der Waals surface area contributed by atoms with E-state index in [2.05, 4.69) is 18.5 Å². The van der Waals surface area contributed by atoms with Gasteiger partial charge >= 0.3 is 0 Å². The summed E-state index contributed by atoms with van der Waals surface area (Å²) in [5, 5.41) is 10.4. The summed E-state index contributed by atoms with van der Waals surface area (Å²) in [6, 6.07) is 1.15. The highest BCUT2D eigenvalue weighted by Crippen LogP contribution is 2.40. The average Bonchev–Trinajstić information content (AvgIpc) is 2.07. The molecule has 1 N–H and O–H groups in total. The topological polar surface area (TPSA) is 23.5 Å². The van der Waals surface area contributed by atoms with Gasteiger partial charge in [0.05, 0.1) is 5.60 Å². The molecule has 2 bridgehead atoms. The lowest BCUT2D eigenvalue weighted by Gasteiger charge is -2.51. The summed E-state index contributed by atoms with van der Waals surface area (Å²) >= 11 is 0. The van der Waals surface area contributed by atoms with Gasteiger partial charge in [-0.05, 0) is 45.2 Å². The number of piperidine rings is 2. The maximum Gasteiger partial charge on any atom is 0.0881 e. The van der Waals surface area contributed by atoms with Gasteiger partial charge in [0.1, 0.15) is 0 Å². The normalized spacial score (nSPS) is 43.6. The first kappa shape index (κ1) is 10.2. The first-order chi connectivity index (χ1) is 6.53. The fourth-order valence-corrected chi connectivity index (χ4v) is 3.00. The lowest BCUT2D eigenvalue weighted by molar-refractivity contribution is -0.0601. The Morgan fingerprint density at radius 2 is 1.86 bits per heavy atom. The molecule has 2 nitrogen and oxygen atoms in total. The Labute approximate surface area is 86.6 Å². The molecule has 2 saturated heterocycles. The van der Waals surface area contributed by atoms with Crippen molar-refractivity contribution in [3.05, 3.63) is 12.2 Å². The second-order valence-corrected chi connectivity index (χ2v) is 5.12. The predicted octanol–water partition coefficient (Wildman–Crippen LogP) is 1.94. The first-order valence-corrected chi connectivity index (χ1v) is 5.63. The second kappa shape index (κ2) is 3.35. The smallest absolute Gasteiger partial charge is 0.0881 e. The molecule has 0 amide bonds. The third-order valence-electron chi connectivity index (χ3n) is 4.17. The van der Waals surface area contributed by atoms with Gasteiger partial charge in [0.2, 0.25) is 0 Å². The van der Waals surface area contributed by atoms with Gasteiger partial charge in [-0.25, -0.2) is 0 Å². The van der Waals surface area contributed by atoms with Gasteiger partial charge in [-0.3, -0.25) is 0 Å². The fourth-order valence-electron chi connectivity index (χ4n) is 3.00. The minimum Gasteiger partial charge on any atom is -0.385 e. The van der Waals surface area contributed by atoms with Crippen LogP contribution in [0.25, 0.3) is 0 Å². The van der Waals surface area contributed by atoms with Crippen LogP contribution >= 0.6 is 0 Å². The highest BCUT2D eigenvalue weighted by atomic mass is 16.3. The van der Waals surface area contributed by atoms with Gasteiger partial charge in [-0.15, -0.1) is 0 Å². The van der Waals surface area contributed by atoms with E-state index in [1.165, 1.54) is 19.3 Å². The van der Waals surface area contributed by atoms with Crippen LogP contribution in [-0.2, 0) is 0 Å². The van der Waals surface area contributed by atoms with Crippen molar-refractivity contribution in [1.29, 1.82) is 0 Å². The Kier molecular flexibility index (Phi) is 2.44. The molecule has 2 heteroatoms. The molecule has 2 heterocycles. The summed E-state index contributed by atoms with van der Waals surface area (Å²) in [5.41, 5.74) is 0.366. The summed E-state index contributed by atoms with van der Waals surface area (Å²) < 4.78 is 0. The van der Waals surface area contributed by atoms with E-state index >= 15 is 0 Å². The van der Waals surface area contributed by atoms with Crippen LogP contribution in [0.2, 0.25) is 0 Å². The lowest BCUT2D eigenvalue weighted by atomic mass is 9.73. The number of hydrogen-bond donors (Lipinski definition) is 1. The van der Waals surface area contributed by atoms with E-state index < -0.39 is 5.60 Å². The fraction of sp³-hybridized carbons (Fsp3) is 0.833. The van der Waals surface area contributed by atoms with E-state index in [1.807, 2.05) is 6.92 Å². The largest absolute Gasteiger partial charge is 0.385 e. The van der Waals surface area contributed by atoms with Crippen LogP contribution in [0.15, 0.2) is 12.2 Å². The monoisotopic (exact) mass is 195 g/mol. The third-order valence-corrected chi connectivity index (χ3v) is 4.17. The number of hydrogen-bond acceptors (Lipinski definition) is 2. The molecule has 0 radical (unpaired) electrons. The predicted molar refractivity (Wildman–Crippen MR) is 58.2 cm³/mol. The first-order valence-electron chi connectivity index (χ1n) is 5.63. The van der Waals surface area contributed by atoms with Crippen molar-refractivity contribution in [2.24, 2.45) is 0 Å². The molecule has 0 saturated carbocycles. The van der Waals surface area contributed by atoms with Crippen LogP contribution in [0.3, 0.4) is 0 Å². The molecule has 0 spiro atoms. The zero-order valence-corrected chi connectivity index (χ0v) is 9.29. The summed E-state index contributed by atoms with van der Waals surface area (Å²) in [5.74, 6) is 0. The molecule has 14 heavy (non-hydrogen) atoms. The molecule has 2 rings (SSSR count). The third kappa shape index (κ3) is 1.51. The highest BCUT2D eigenvalue weighted by Gasteiger charge is 2.44. The van der Waals surface area contributed by atoms with E-state index in [-0.39, 0.29) is 0 Å². The van der Waals surface area contributed by atoms with Gasteiger partial charge in [0, 0.05) is 12.1 Å². The molecule has 2 atom stereocenters. The highest BCUT2D eigenvalue weighted by molar-refractivity contribution is 5.15. The second-order valence-electron chi connectivity index (χ2n) is 5.12. The van der Waals surface area contributed by atoms with Gasteiger partial charge in [-0.1, -0.05) is 13.0 Å². The molecule has 0 aromatic carbocycles. The Morgan fingerprint density at radius 3 is 2.29 bits per heavy atom. The lowest BCUT2D eigenvalue weighted by Crippen LogP contribution is -2.56. The van der Waals surface area contributed by atoms with Gasteiger partial charge in [0.15, 0.2) is 0 Å².